The van der Waals surface area contributed by atoms with E-state index in [4.69, 9.17) is 4.74 Å². The van der Waals surface area contributed by atoms with Crippen LogP contribution in [0.1, 0.15) is 27.2 Å². The average molecular weight is 419 g/mol. The van der Waals surface area contributed by atoms with Gasteiger partial charge in [-0.2, -0.15) is 5.10 Å². The van der Waals surface area contributed by atoms with Gasteiger partial charge in [0.05, 0.1) is 24.7 Å². The molecular weight excluding hydrogens is 396 g/mol. The van der Waals surface area contributed by atoms with Gasteiger partial charge in [-0.15, -0.1) is 11.3 Å². The molecular formula is C23H22N4O2S. The second-order valence-electron chi connectivity index (χ2n) is 7.09. The molecule has 0 radical (unpaired) electrons. The van der Waals surface area contributed by atoms with E-state index >= 15 is 0 Å². The minimum Gasteiger partial charge on any atom is -0.493 e. The Bertz CT molecular complexity index is 1190. The third-order valence-electron chi connectivity index (χ3n) is 4.79. The second-order valence-corrected chi connectivity index (χ2v) is 7.95. The van der Waals surface area contributed by atoms with Crippen molar-refractivity contribution >= 4 is 22.4 Å². The normalized spacial score (nSPS) is 10.8. The van der Waals surface area contributed by atoms with Gasteiger partial charge in [0.25, 0.3) is 5.91 Å². The van der Waals surface area contributed by atoms with Crippen LogP contribution in [0.25, 0.3) is 16.9 Å². The van der Waals surface area contributed by atoms with Crippen LogP contribution in [0.2, 0.25) is 0 Å². The number of aryl methyl sites for hydroxylation is 3. The smallest absolute Gasteiger partial charge is 0.281 e. The van der Waals surface area contributed by atoms with Crippen molar-refractivity contribution in [1.29, 1.82) is 0 Å². The summed E-state index contributed by atoms with van der Waals surface area (Å²) in [6.45, 7) is 6.24. The zero-order valence-electron chi connectivity index (χ0n) is 17.3. The Hall–Kier alpha value is -3.45. The van der Waals surface area contributed by atoms with Gasteiger partial charge in [0.1, 0.15) is 0 Å². The SMILES string of the molecule is COc1cn(-c2ccccc2)nc1C(=O)Nc1nc(-c2c(C)cc(C)cc2C)cs1. The third kappa shape index (κ3) is 3.84. The van der Waals surface area contributed by atoms with Gasteiger partial charge in [0, 0.05) is 10.9 Å². The number of nitrogens with zero attached hydrogens (tertiary/aromatic N) is 3. The van der Waals surface area contributed by atoms with Crippen LogP contribution in [0.15, 0.2) is 54.0 Å². The maximum Gasteiger partial charge on any atom is 0.281 e. The summed E-state index contributed by atoms with van der Waals surface area (Å²) >= 11 is 1.39. The Morgan fingerprint density at radius 3 is 2.47 bits per heavy atom. The van der Waals surface area contributed by atoms with E-state index in [9.17, 15) is 4.79 Å². The molecule has 0 fully saturated rings. The summed E-state index contributed by atoms with van der Waals surface area (Å²) in [6.07, 6.45) is 1.69. The van der Waals surface area contributed by atoms with Crippen LogP contribution < -0.4 is 10.1 Å². The maximum atomic E-state index is 12.9. The van der Waals surface area contributed by atoms with Gasteiger partial charge in [0.2, 0.25) is 0 Å². The molecule has 2 aromatic carbocycles. The lowest BCUT2D eigenvalue weighted by Gasteiger charge is -2.08. The Balaban J connectivity index is 1.59. The van der Waals surface area contributed by atoms with Crippen LogP contribution >= 0.6 is 11.3 Å². The van der Waals surface area contributed by atoms with Crippen LogP contribution in [0.3, 0.4) is 0 Å². The summed E-state index contributed by atoms with van der Waals surface area (Å²) in [5.41, 5.74) is 6.56. The number of anilines is 1. The van der Waals surface area contributed by atoms with E-state index < -0.39 is 0 Å². The first-order chi connectivity index (χ1) is 14.5. The van der Waals surface area contributed by atoms with Gasteiger partial charge in [-0.05, 0) is 44.0 Å². The molecule has 0 saturated heterocycles. The molecule has 0 atom stereocenters. The maximum absolute atomic E-state index is 12.9. The van der Waals surface area contributed by atoms with Crippen molar-refractivity contribution in [2.45, 2.75) is 20.8 Å². The first-order valence-corrected chi connectivity index (χ1v) is 10.4. The van der Waals surface area contributed by atoms with Crippen molar-refractivity contribution in [1.82, 2.24) is 14.8 Å². The lowest BCUT2D eigenvalue weighted by molar-refractivity contribution is 0.101. The predicted molar refractivity (Wildman–Crippen MR) is 120 cm³/mol. The molecule has 6 nitrogen and oxygen atoms in total. The monoisotopic (exact) mass is 418 g/mol. The van der Waals surface area contributed by atoms with Gasteiger partial charge in [-0.1, -0.05) is 35.9 Å². The van der Waals surface area contributed by atoms with Crippen molar-refractivity contribution in [2.24, 2.45) is 0 Å². The largest absolute Gasteiger partial charge is 0.493 e. The fourth-order valence-corrected chi connectivity index (χ4v) is 4.26. The molecule has 1 amide bonds. The molecule has 7 heteroatoms. The second kappa shape index (κ2) is 8.12. The molecule has 1 N–H and O–H groups in total. The number of hydrogen-bond acceptors (Lipinski definition) is 5. The molecule has 2 heterocycles. The molecule has 0 bridgehead atoms. The van der Waals surface area contributed by atoms with E-state index in [2.05, 4.69) is 48.3 Å². The van der Waals surface area contributed by atoms with E-state index in [-0.39, 0.29) is 11.6 Å². The minimum atomic E-state index is -0.361. The summed E-state index contributed by atoms with van der Waals surface area (Å²) < 4.78 is 6.99. The van der Waals surface area contributed by atoms with Crippen molar-refractivity contribution in [2.75, 3.05) is 12.4 Å². The highest BCUT2D eigenvalue weighted by Crippen LogP contribution is 2.31. The molecule has 0 spiro atoms. The van der Waals surface area contributed by atoms with E-state index in [1.165, 1.54) is 35.1 Å². The highest BCUT2D eigenvalue weighted by molar-refractivity contribution is 7.14. The summed E-state index contributed by atoms with van der Waals surface area (Å²) in [7, 11) is 1.52. The van der Waals surface area contributed by atoms with Crippen LogP contribution in [0.4, 0.5) is 5.13 Å². The van der Waals surface area contributed by atoms with Gasteiger partial charge in [0.15, 0.2) is 16.6 Å². The Kier molecular flexibility index (Phi) is 5.37. The number of hydrogen-bond donors (Lipinski definition) is 1. The van der Waals surface area contributed by atoms with Gasteiger partial charge in [-0.25, -0.2) is 9.67 Å². The standard InChI is InChI=1S/C23H22N4O2S/c1-14-10-15(2)20(16(3)11-14)18-13-30-23(24-18)25-22(28)21-19(29-4)12-27(26-21)17-8-6-5-7-9-17/h5-13H,1-4H3,(H,24,25,28). The number of methoxy groups -OCH3 is 1. The molecule has 2 aromatic heterocycles. The summed E-state index contributed by atoms with van der Waals surface area (Å²) in [5.74, 6) is 0.0399. The number of ether oxygens (including phenoxy) is 1. The van der Waals surface area contributed by atoms with Crippen LogP contribution in [-0.2, 0) is 0 Å². The molecule has 0 aliphatic rings. The molecule has 152 valence electrons. The molecule has 4 rings (SSSR count). The fourth-order valence-electron chi connectivity index (χ4n) is 3.56. The van der Waals surface area contributed by atoms with Crippen molar-refractivity contribution < 1.29 is 9.53 Å². The number of aromatic nitrogens is 3. The lowest BCUT2D eigenvalue weighted by Crippen LogP contribution is -2.14. The van der Waals surface area contributed by atoms with E-state index in [1.807, 2.05) is 35.7 Å². The highest BCUT2D eigenvalue weighted by atomic mass is 32.1. The number of benzene rings is 2. The van der Waals surface area contributed by atoms with E-state index in [0.717, 1.165) is 16.9 Å². The number of carbonyl (C=O) groups excluding carboxylic acids is 1. The molecule has 30 heavy (non-hydrogen) atoms. The van der Waals surface area contributed by atoms with Crippen LogP contribution in [0.5, 0.6) is 5.75 Å². The van der Waals surface area contributed by atoms with Crippen molar-refractivity contribution in [3.63, 3.8) is 0 Å². The Morgan fingerprint density at radius 2 is 1.80 bits per heavy atom. The first kappa shape index (κ1) is 19.8. The topological polar surface area (TPSA) is 69.0 Å². The molecule has 0 unspecified atom stereocenters. The van der Waals surface area contributed by atoms with E-state index in [0.29, 0.717) is 10.9 Å². The van der Waals surface area contributed by atoms with Gasteiger partial charge >= 0.3 is 0 Å². The van der Waals surface area contributed by atoms with Crippen molar-refractivity contribution in [3.05, 3.63) is 76.4 Å². The number of nitrogens with one attached hydrogen (secondary N) is 1. The summed E-state index contributed by atoms with van der Waals surface area (Å²) in [4.78, 5) is 17.5. The quantitative estimate of drug-likeness (QED) is 0.485. The predicted octanol–water partition coefficient (Wildman–Crippen LogP) is 5.18. The number of rotatable bonds is 5. The fraction of sp³-hybridized carbons (Fsp3) is 0.174. The molecule has 4 aromatic rings. The first-order valence-electron chi connectivity index (χ1n) is 9.50. The Morgan fingerprint density at radius 1 is 1.10 bits per heavy atom. The number of carbonyl (C=O) groups is 1. The number of amides is 1. The van der Waals surface area contributed by atoms with Crippen LogP contribution in [-0.4, -0.2) is 27.8 Å². The molecule has 0 saturated carbocycles. The highest BCUT2D eigenvalue weighted by Gasteiger charge is 2.20. The van der Waals surface area contributed by atoms with Crippen molar-refractivity contribution in [3.8, 4) is 22.7 Å². The molecule has 0 aliphatic carbocycles. The minimum absolute atomic E-state index is 0.209. The zero-order valence-corrected chi connectivity index (χ0v) is 18.1. The summed E-state index contributed by atoms with van der Waals surface area (Å²) in [6, 6.07) is 13.9. The van der Waals surface area contributed by atoms with Gasteiger partial charge < -0.3 is 4.74 Å². The average Bonchev–Trinajstić information content (AvgIpc) is 3.35. The van der Waals surface area contributed by atoms with Crippen LogP contribution in [0, 0.1) is 20.8 Å². The Labute approximate surface area is 179 Å². The third-order valence-corrected chi connectivity index (χ3v) is 5.55. The lowest BCUT2D eigenvalue weighted by atomic mass is 9.98. The number of thiazole rings is 1. The zero-order chi connectivity index (χ0) is 21.3. The van der Waals surface area contributed by atoms with E-state index in [1.54, 1.807) is 10.9 Å². The van der Waals surface area contributed by atoms with Gasteiger partial charge in [-0.3, -0.25) is 10.1 Å². The number of para-hydroxylation sites is 1. The summed E-state index contributed by atoms with van der Waals surface area (Å²) in [5, 5.41) is 9.74. The molecule has 0 aliphatic heterocycles.